The molecule has 4 nitrogen and oxygen atoms in total. The highest BCUT2D eigenvalue weighted by atomic mass is 16.4. The van der Waals surface area contributed by atoms with Crippen LogP contribution in [0.15, 0.2) is 35.2 Å². The zero-order chi connectivity index (χ0) is 11.3. The second-order valence-corrected chi connectivity index (χ2v) is 3.18. The molecule has 0 saturated carbocycles. The molecule has 1 aromatic rings. The lowest BCUT2D eigenvalue weighted by Gasteiger charge is -1.94. The number of aliphatic carboxylic acids is 1. The summed E-state index contributed by atoms with van der Waals surface area (Å²) in [5.41, 5.74) is 2.34. The van der Waals surface area contributed by atoms with E-state index in [0.717, 1.165) is 17.2 Å². The van der Waals surface area contributed by atoms with Gasteiger partial charge in [-0.25, -0.2) is 4.79 Å². The van der Waals surface area contributed by atoms with Gasteiger partial charge in [0, 0.05) is 35.9 Å². The summed E-state index contributed by atoms with van der Waals surface area (Å²) in [7, 11) is 0. The van der Waals surface area contributed by atoms with Gasteiger partial charge in [-0.05, 0) is 25.5 Å². The Morgan fingerprint density at radius 2 is 2.27 bits per heavy atom. The maximum atomic E-state index is 10.3. The van der Waals surface area contributed by atoms with Crippen molar-refractivity contribution >= 4 is 12.2 Å². The van der Waals surface area contributed by atoms with Gasteiger partial charge in [0.05, 0.1) is 0 Å². The largest absolute Gasteiger partial charge is 0.478 e. The third-order valence-corrected chi connectivity index (χ3v) is 1.65. The van der Waals surface area contributed by atoms with Gasteiger partial charge in [0.15, 0.2) is 0 Å². The molecule has 1 N–H and O–H groups in total. The molecule has 0 aliphatic rings. The summed E-state index contributed by atoms with van der Waals surface area (Å²) in [6.07, 6.45) is 6.07. The molecule has 0 amide bonds. The van der Waals surface area contributed by atoms with Gasteiger partial charge in [0.2, 0.25) is 0 Å². The lowest BCUT2D eigenvalue weighted by atomic mass is 10.2. The third-order valence-electron chi connectivity index (χ3n) is 1.65. The van der Waals surface area contributed by atoms with Crippen molar-refractivity contribution in [2.45, 2.75) is 13.8 Å². The smallest absolute Gasteiger partial charge is 0.330 e. The number of pyridine rings is 1. The first-order valence-corrected chi connectivity index (χ1v) is 4.45. The number of aliphatic imine (C=N–C) groups is 1. The molecule has 0 atom stereocenters. The van der Waals surface area contributed by atoms with Crippen LogP contribution >= 0.6 is 0 Å². The Morgan fingerprint density at radius 1 is 1.53 bits per heavy atom. The summed E-state index contributed by atoms with van der Waals surface area (Å²) in [6, 6.07) is 1.92. The Labute approximate surface area is 88.0 Å². The van der Waals surface area contributed by atoms with Crippen LogP contribution in [0.3, 0.4) is 0 Å². The number of carboxylic acids is 1. The van der Waals surface area contributed by atoms with Crippen LogP contribution in [0.25, 0.3) is 0 Å². The quantitative estimate of drug-likeness (QED) is 0.603. The van der Waals surface area contributed by atoms with E-state index >= 15 is 0 Å². The number of carboxylic acid groups (broad SMARTS) is 1. The average Bonchev–Trinajstić information content (AvgIpc) is 2.14. The maximum absolute atomic E-state index is 10.3. The highest BCUT2D eigenvalue weighted by Gasteiger charge is 1.92. The topological polar surface area (TPSA) is 62.5 Å². The first-order chi connectivity index (χ1) is 7.08. The molecule has 4 heteroatoms. The molecule has 0 unspecified atom stereocenters. The number of allylic oxidation sites excluding steroid dienone is 1. The fraction of sp³-hybridized carbons (Fsp3) is 0.182. The van der Waals surface area contributed by atoms with Crippen LogP contribution in [0, 0.1) is 6.92 Å². The number of nitrogens with zero attached hydrogens (tertiary/aromatic N) is 2. The van der Waals surface area contributed by atoms with Crippen LogP contribution in [0.5, 0.6) is 0 Å². The fourth-order valence-corrected chi connectivity index (χ4v) is 1.04. The molecule has 15 heavy (non-hydrogen) atoms. The van der Waals surface area contributed by atoms with Crippen molar-refractivity contribution in [2.24, 2.45) is 4.99 Å². The van der Waals surface area contributed by atoms with Crippen LogP contribution < -0.4 is 0 Å². The van der Waals surface area contributed by atoms with Gasteiger partial charge in [0.25, 0.3) is 0 Å². The number of hydrogen-bond donors (Lipinski definition) is 1. The second-order valence-electron chi connectivity index (χ2n) is 3.18. The molecule has 0 spiro atoms. The highest BCUT2D eigenvalue weighted by molar-refractivity contribution is 5.83. The van der Waals surface area contributed by atoms with Gasteiger partial charge in [-0.1, -0.05) is 0 Å². The predicted molar refractivity (Wildman–Crippen MR) is 58.0 cm³/mol. The first kappa shape index (κ1) is 11.1. The minimum atomic E-state index is -0.994. The number of aromatic nitrogens is 1. The van der Waals surface area contributed by atoms with E-state index in [9.17, 15) is 4.79 Å². The molecule has 1 rings (SSSR count). The van der Waals surface area contributed by atoms with Crippen LogP contribution in [0.1, 0.15) is 18.1 Å². The summed E-state index contributed by atoms with van der Waals surface area (Å²) >= 11 is 0. The summed E-state index contributed by atoms with van der Waals surface area (Å²) in [5.74, 6) is -0.994. The standard InChI is InChI=1S/C11H12N2O2/c1-8-3-10(6-12-5-8)7-13-9(2)4-11(14)15/h3-7H,1-2H3,(H,14,15)/b9-4+,13-7+. The van der Waals surface area contributed by atoms with Crippen LogP contribution in [0.2, 0.25) is 0 Å². The molecular formula is C11H12N2O2. The molecule has 0 aliphatic carbocycles. The maximum Gasteiger partial charge on any atom is 0.330 e. The molecule has 0 radical (unpaired) electrons. The van der Waals surface area contributed by atoms with Crippen LogP contribution in [-0.4, -0.2) is 22.3 Å². The van der Waals surface area contributed by atoms with Gasteiger partial charge in [-0.3, -0.25) is 9.98 Å². The molecular weight excluding hydrogens is 192 g/mol. The average molecular weight is 204 g/mol. The third kappa shape index (κ3) is 4.17. The second kappa shape index (κ2) is 5.05. The van der Waals surface area contributed by atoms with Gasteiger partial charge >= 0.3 is 5.97 Å². The fourth-order valence-electron chi connectivity index (χ4n) is 1.04. The number of aryl methyl sites for hydroxylation is 1. The SMILES string of the molecule is CC(=C\C(=O)O)/N=C/c1cncc(C)c1. The molecule has 78 valence electrons. The van der Waals surface area contributed by atoms with Crippen LogP contribution in [-0.2, 0) is 4.79 Å². The zero-order valence-corrected chi connectivity index (χ0v) is 8.64. The first-order valence-electron chi connectivity index (χ1n) is 4.45. The normalized spacial score (nSPS) is 12.0. The molecule has 0 saturated heterocycles. The van der Waals surface area contributed by atoms with Gasteiger partial charge in [0.1, 0.15) is 0 Å². The minimum absolute atomic E-state index is 0.448. The van der Waals surface area contributed by atoms with E-state index in [1.807, 2.05) is 13.0 Å². The molecule has 0 fully saturated rings. The Hall–Kier alpha value is -1.97. The van der Waals surface area contributed by atoms with Crippen molar-refractivity contribution in [1.29, 1.82) is 0 Å². The van der Waals surface area contributed by atoms with E-state index in [-0.39, 0.29) is 0 Å². The van der Waals surface area contributed by atoms with E-state index in [4.69, 9.17) is 5.11 Å². The van der Waals surface area contributed by atoms with Gasteiger partial charge in [-0.2, -0.15) is 0 Å². The Kier molecular flexibility index (Phi) is 3.74. The van der Waals surface area contributed by atoms with E-state index in [1.54, 1.807) is 25.5 Å². The van der Waals surface area contributed by atoms with Gasteiger partial charge < -0.3 is 5.11 Å². The van der Waals surface area contributed by atoms with Crippen molar-refractivity contribution in [1.82, 2.24) is 4.98 Å². The van der Waals surface area contributed by atoms with Crippen molar-refractivity contribution < 1.29 is 9.90 Å². The molecule has 1 heterocycles. The Balaban J connectivity index is 2.78. The van der Waals surface area contributed by atoms with Gasteiger partial charge in [-0.15, -0.1) is 0 Å². The lowest BCUT2D eigenvalue weighted by molar-refractivity contribution is -0.131. The molecule has 1 aromatic heterocycles. The van der Waals surface area contributed by atoms with E-state index in [2.05, 4.69) is 9.98 Å². The minimum Gasteiger partial charge on any atom is -0.478 e. The summed E-state index contributed by atoms with van der Waals surface area (Å²) in [6.45, 7) is 3.57. The van der Waals surface area contributed by atoms with Crippen molar-refractivity contribution in [3.8, 4) is 0 Å². The molecule has 0 aliphatic heterocycles. The number of hydrogen-bond acceptors (Lipinski definition) is 3. The lowest BCUT2D eigenvalue weighted by Crippen LogP contribution is -1.89. The highest BCUT2D eigenvalue weighted by Crippen LogP contribution is 2.00. The Morgan fingerprint density at radius 3 is 2.87 bits per heavy atom. The molecule has 0 aromatic carbocycles. The number of rotatable bonds is 3. The van der Waals surface area contributed by atoms with Crippen molar-refractivity contribution in [3.63, 3.8) is 0 Å². The van der Waals surface area contributed by atoms with Crippen molar-refractivity contribution in [3.05, 3.63) is 41.4 Å². The van der Waals surface area contributed by atoms with E-state index < -0.39 is 5.97 Å². The summed E-state index contributed by atoms with van der Waals surface area (Å²) in [4.78, 5) is 18.3. The number of carbonyl (C=O) groups is 1. The Bertz CT molecular complexity index is 422. The zero-order valence-electron chi connectivity index (χ0n) is 8.64. The monoisotopic (exact) mass is 204 g/mol. The summed E-state index contributed by atoms with van der Waals surface area (Å²) < 4.78 is 0. The van der Waals surface area contributed by atoms with E-state index in [1.165, 1.54) is 0 Å². The summed E-state index contributed by atoms with van der Waals surface area (Å²) in [5, 5.41) is 8.46. The van der Waals surface area contributed by atoms with Crippen molar-refractivity contribution in [2.75, 3.05) is 0 Å². The molecule has 0 bridgehead atoms. The predicted octanol–water partition coefficient (Wildman–Crippen LogP) is 1.80. The van der Waals surface area contributed by atoms with E-state index in [0.29, 0.717) is 5.70 Å². The van der Waals surface area contributed by atoms with Crippen LogP contribution in [0.4, 0.5) is 0 Å².